The molecule has 13 heavy (non-hydrogen) atoms. The zero-order valence-corrected chi connectivity index (χ0v) is 7.09. The van der Waals surface area contributed by atoms with E-state index in [4.69, 9.17) is 4.74 Å². The van der Waals surface area contributed by atoms with Gasteiger partial charge in [-0.2, -0.15) is 0 Å². The van der Waals surface area contributed by atoms with Gasteiger partial charge in [-0.05, 0) is 6.42 Å². The maximum absolute atomic E-state index is 11.3. The first kappa shape index (κ1) is 7.76. The molecule has 2 N–H and O–H groups in total. The summed E-state index contributed by atoms with van der Waals surface area (Å²) in [6.45, 7) is 0.388. The summed E-state index contributed by atoms with van der Waals surface area (Å²) in [7, 11) is 0. The summed E-state index contributed by atoms with van der Waals surface area (Å²) in [6, 6.07) is 0. The van der Waals surface area contributed by atoms with Gasteiger partial charge >= 0.3 is 5.97 Å². The van der Waals surface area contributed by atoms with Crippen LogP contribution >= 0.6 is 0 Å². The summed E-state index contributed by atoms with van der Waals surface area (Å²) in [5.41, 5.74) is 0. The third-order valence-corrected chi connectivity index (χ3v) is 3.90. The zero-order valence-electron chi connectivity index (χ0n) is 7.09. The van der Waals surface area contributed by atoms with Gasteiger partial charge in [0.25, 0.3) is 0 Å². The molecule has 72 valence electrons. The van der Waals surface area contributed by atoms with E-state index in [1.807, 2.05) is 0 Å². The van der Waals surface area contributed by atoms with Gasteiger partial charge in [0.2, 0.25) is 0 Å². The van der Waals surface area contributed by atoms with Crippen LogP contribution in [0.2, 0.25) is 0 Å². The number of carbonyl (C=O) groups is 1. The summed E-state index contributed by atoms with van der Waals surface area (Å²) in [6.07, 6.45) is -0.365. The van der Waals surface area contributed by atoms with Crippen molar-refractivity contribution in [1.82, 2.24) is 0 Å². The second kappa shape index (κ2) is 2.25. The molecule has 0 radical (unpaired) electrons. The van der Waals surface area contributed by atoms with E-state index in [-0.39, 0.29) is 29.6 Å². The molecule has 1 aliphatic heterocycles. The van der Waals surface area contributed by atoms with Crippen molar-refractivity contribution in [3.8, 4) is 0 Å². The highest BCUT2D eigenvalue weighted by Gasteiger charge is 2.63. The minimum atomic E-state index is -0.488. The summed E-state index contributed by atoms with van der Waals surface area (Å²) in [5.74, 6) is -0.426. The van der Waals surface area contributed by atoms with Crippen molar-refractivity contribution in [1.29, 1.82) is 0 Å². The Morgan fingerprint density at radius 2 is 2.08 bits per heavy atom. The molecule has 0 aromatic carbocycles. The molecule has 3 rings (SSSR count). The second-order valence-electron chi connectivity index (χ2n) is 4.35. The highest BCUT2D eigenvalue weighted by Crippen LogP contribution is 2.55. The van der Waals surface area contributed by atoms with Crippen molar-refractivity contribution in [3.05, 3.63) is 0 Å². The van der Waals surface area contributed by atoms with E-state index in [2.05, 4.69) is 0 Å². The van der Waals surface area contributed by atoms with Crippen LogP contribution in [0.4, 0.5) is 0 Å². The molecule has 0 aromatic heterocycles. The summed E-state index contributed by atoms with van der Waals surface area (Å²) < 4.78 is 4.94. The fraction of sp³-hybridized carbons (Fsp3) is 0.889. The Labute approximate surface area is 75.5 Å². The minimum absolute atomic E-state index is 0.0556. The monoisotopic (exact) mass is 184 g/mol. The van der Waals surface area contributed by atoms with Gasteiger partial charge in [0.1, 0.15) is 0 Å². The van der Waals surface area contributed by atoms with E-state index < -0.39 is 12.2 Å². The van der Waals surface area contributed by atoms with Crippen molar-refractivity contribution < 1.29 is 19.7 Å². The van der Waals surface area contributed by atoms with Gasteiger partial charge in [0, 0.05) is 17.8 Å². The van der Waals surface area contributed by atoms with Gasteiger partial charge in [0.15, 0.2) is 0 Å². The van der Waals surface area contributed by atoms with Gasteiger partial charge in [-0.25, -0.2) is 0 Å². The number of carbonyl (C=O) groups excluding carboxylic acids is 1. The van der Waals surface area contributed by atoms with E-state index in [9.17, 15) is 15.0 Å². The van der Waals surface area contributed by atoms with Crippen LogP contribution in [0.1, 0.15) is 6.42 Å². The lowest BCUT2D eigenvalue weighted by Crippen LogP contribution is -2.31. The molecular formula is C9H12O4. The highest BCUT2D eigenvalue weighted by atomic mass is 16.5. The Morgan fingerprint density at radius 3 is 2.85 bits per heavy atom. The Balaban J connectivity index is 1.98. The van der Waals surface area contributed by atoms with Crippen molar-refractivity contribution in [2.75, 3.05) is 6.61 Å². The molecule has 1 heterocycles. The first-order valence-electron chi connectivity index (χ1n) is 4.73. The molecule has 1 saturated heterocycles. The first-order valence-corrected chi connectivity index (χ1v) is 4.73. The Hall–Kier alpha value is -0.610. The normalized spacial score (nSPS) is 58.2. The predicted molar refractivity (Wildman–Crippen MR) is 41.5 cm³/mol. The van der Waals surface area contributed by atoms with Crippen LogP contribution < -0.4 is 0 Å². The van der Waals surface area contributed by atoms with Crippen LogP contribution in [0.15, 0.2) is 0 Å². The molecular weight excluding hydrogens is 172 g/mol. The number of cyclic esters (lactones) is 1. The SMILES string of the molecule is O=C1OC[C@@H]2[C@@H]1[C@H]1C[C@@H](O)[C@@H]2[C@@H]1O. The number of esters is 1. The minimum Gasteiger partial charge on any atom is -0.465 e. The fourth-order valence-electron chi connectivity index (χ4n) is 3.38. The standard InChI is InChI=1S/C9H12O4/c10-5-1-3-6-4(2-13-9(6)12)7(5)8(3)11/h3-8,10-11H,1-2H2/t3-,4-,5-,6+,7-,8-/m1/s1. The molecule has 3 fully saturated rings. The predicted octanol–water partition coefficient (Wildman–Crippen LogP) is -0.853. The largest absolute Gasteiger partial charge is 0.465 e. The van der Waals surface area contributed by atoms with Crippen molar-refractivity contribution in [2.24, 2.45) is 23.7 Å². The summed E-state index contributed by atoms with van der Waals surface area (Å²) in [4.78, 5) is 11.3. The van der Waals surface area contributed by atoms with E-state index >= 15 is 0 Å². The summed E-state index contributed by atoms with van der Waals surface area (Å²) >= 11 is 0. The number of rotatable bonds is 0. The average Bonchev–Trinajstić information content (AvgIpc) is 2.64. The number of fused-ring (bicyclic) bond motifs is 5. The lowest BCUT2D eigenvalue weighted by molar-refractivity contribution is -0.143. The molecule has 0 aromatic rings. The molecule has 0 unspecified atom stereocenters. The van der Waals surface area contributed by atoms with E-state index in [0.29, 0.717) is 13.0 Å². The van der Waals surface area contributed by atoms with Crippen molar-refractivity contribution in [3.63, 3.8) is 0 Å². The van der Waals surface area contributed by atoms with E-state index in [1.54, 1.807) is 0 Å². The Kier molecular flexibility index (Phi) is 1.34. The lowest BCUT2D eigenvalue weighted by Gasteiger charge is -2.23. The highest BCUT2D eigenvalue weighted by molar-refractivity contribution is 5.76. The van der Waals surface area contributed by atoms with Gasteiger partial charge in [-0.15, -0.1) is 0 Å². The van der Waals surface area contributed by atoms with Gasteiger partial charge in [-0.1, -0.05) is 0 Å². The lowest BCUT2D eigenvalue weighted by atomic mass is 9.80. The van der Waals surface area contributed by atoms with Crippen LogP contribution in [0.3, 0.4) is 0 Å². The van der Waals surface area contributed by atoms with Gasteiger partial charge in [-0.3, -0.25) is 4.79 Å². The van der Waals surface area contributed by atoms with Crippen molar-refractivity contribution in [2.45, 2.75) is 18.6 Å². The van der Waals surface area contributed by atoms with Gasteiger partial charge < -0.3 is 14.9 Å². The number of hydrogen-bond donors (Lipinski definition) is 2. The van der Waals surface area contributed by atoms with E-state index in [0.717, 1.165) is 0 Å². The van der Waals surface area contributed by atoms with Crippen LogP contribution in [0.25, 0.3) is 0 Å². The van der Waals surface area contributed by atoms with Crippen LogP contribution in [0.5, 0.6) is 0 Å². The van der Waals surface area contributed by atoms with Crippen LogP contribution in [0, 0.1) is 23.7 Å². The van der Waals surface area contributed by atoms with Crippen LogP contribution in [-0.4, -0.2) is 35.0 Å². The van der Waals surface area contributed by atoms with Crippen molar-refractivity contribution >= 4 is 5.97 Å². The molecule has 0 amide bonds. The zero-order chi connectivity index (χ0) is 9.16. The number of hydrogen-bond acceptors (Lipinski definition) is 4. The quantitative estimate of drug-likeness (QED) is 0.481. The molecule has 3 aliphatic rings. The molecule has 2 saturated carbocycles. The molecule has 6 atom stereocenters. The number of ether oxygens (including phenoxy) is 1. The Morgan fingerprint density at radius 1 is 1.31 bits per heavy atom. The first-order chi connectivity index (χ1) is 6.20. The maximum atomic E-state index is 11.3. The number of aliphatic hydroxyl groups excluding tert-OH is 2. The topological polar surface area (TPSA) is 66.8 Å². The summed E-state index contributed by atoms with van der Waals surface area (Å²) in [5, 5.41) is 19.4. The molecule has 0 spiro atoms. The number of aliphatic hydroxyl groups is 2. The maximum Gasteiger partial charge on any atom is 0.309 e. The smallest absolute Gasteiger partial charge is 0.309 e. The van der Waals surface area contributed by atoms with Gasteiger partial charge in [0.05, 0.1) is 24.7 Å². The van der Waals surface area contributed by atoms with E-state index in [1.165, 1.54) is 0 Å². The molecule has 2 bridgehead atoms. The third-order valence-electron chi connectivity index (χ3n) is 3.90. The van der Waals surface area contributed by atoms with Crippen LogP contribution in [-0.2, 0) is 9.53 Å². The third kappa shape index (κ3) is 0.758. The second-order valence-corrected chi connectivity index (χ2v) is 4.35. The molecule has 2 aliphatic carbocycles. The molecule has 4 heteroatoms. The average molecular weight is 184 g/mol. The molecule has 4 nitrogen and oxygen atoms in total. The fourth-order valence-corrected chi connectivity index (χ4v) is 3.38. The Bertz CT molecular complexity index is 262.